The van der Waals surface area contributed by atoms with Crippen molar-refractivity contribution in [2.45, 2.75) is 57.3 Å². The standard InChI is InChI=1S/C24H32O5/c1-3-15-5-7-16(8-6-15)11-17-9-10-21(29-4-2)19(12-17)20-13-18(14-25)22(26)24(28)23(20)27/h5-10,12,18,20,22-28H,3-4,11,13-14H2,1-2H3/t18-,20+,22-,23+,24+/m1/s1. The van der Waals surface area contributed by atoms with Crippen LogP contribution in [0.5, 0.6) is 5.75 Å². The second-order valence-electron chi connectivity index (χ2n) is 7.91. The van der Waals surface area contributed by atoms with E-state index in [2.05, 4.69) is 31.2 Å². The lowest BCUT2D eigenvalue weighted by molar-refractivity contribution is -0.127. The molecule has 1 aliphatic rings. The van der Waals surface area contributed by atoms with Crippen molar-refractivity contribution in [3.05, 3.63) is 64.7 Å². The quantitative estimate of drug-likeness (QED) is 0.573. The second kappa shape index (κ2) is 9.72. The zero-order valence-electron chi connectivity index (χ0n) is 17.2. The van der Waals surface area contributed by atoms with Crippen molar-refractivity contribution >= 4 is 0 Å². The third-order valence-electron chi connectivity index (χ3n) is 6.00. The molecular weight excluding hydrogens is 368 g/mol. The van der Waals surface area contributed by atoms with Crippen molar-refractivity contribution in [3.63, 3.8) is 0 Å². The van der Waals surface area contributed by atoms with Gasteiger partial charge in [0, 0.05) is 24.0 Å². The fourth-order valence-corrected chi connectivity index (χ4v) is 4.23. The highest BCUT2D eigenvalue weighted by Crippen LogP contribution is 2.41. The molecule has 2 aromatic rings. The SMILES string of the molecule is CCOc1ccc(Cc2ccc(CC)cc2)cc1[C@@H]1C[C@H](CO)[C@@H](O)[C@H](O)[C@H]1O. The van der Waals surface area contributed by atoms with Gasteiger partial charge in [0.25, 0.3) is 0 Å². The second-order valence-corrected chi connectivity index (χ2v) is 7.91. The highest BCUT2D eigenvalue weighted by Gasteiger charge is 2.43. The molecule has 1 fully saturated rings. The lowest BCUT2D eigenvalue weighted by Gasteiger charge is -2.40. The van der Waals surface area contributed by atoms with Crippen LogP contribution in [0.4, 0.5) is 0 Å². The van der Waals surface area contributed by atoms with E-state index in [0.717, 1.165) is 24.0 Å². The molecule has 2 aromatic carbocycles. The van der Waals surface area contributed by atoms with E-state index in [1.807, 2.05) is 25.1 Å². The van der Waals surface area contributed by atoms with E-state index in [0.29, 0.717) is 18.8 Å². The minimum atomic E-state index is -1.30. The highest BCUT2D eigenvalue weighted by molar-refractivity contribution is 5.43. The Kier molecular flexibility index (Phi) is 7.30. The van der Waals surface area contributed by atoms with Gasteiger partial charge in [-0.05, 0) is 48.9 Å². The fraction of sp³-hybridized carbons (Fsp3) is 0.500. The monoisotopic (exact) mass is 400 g/mol. The maximum Gasteiger partial charge on any atom is 0.122 e. The smallest absolute Gasteiger partial charge is 0.122 e. The highest BCUT2D eigenvalue weighted by atomic mass is 16.5. The van der Waals surface area contributed by atoms with Crippen LogP contribution in [0.15, 0.2) is 42.5 Å². The zero-order chi connectivity index (χ0) is 21.0. The molecule has 0 bridgehead atoms. The van der Waals surface area contributed by atoms with E-state index in [4.69, 9.17) is 4.74 Å². The van der Waals surface area contributed by atoms with Gasteiger partial charge in [-0.15, -0.1) is 0 Å². The summed E-state index contributed by atoms with van der Waals surface area (Å²) in [5.41, 5.74) is 4.40. The van der Waals surface area contributed by atoms with E-state index < -0.39 is 30.1 Å². The summed E-state index contributed by atoms with van der Waals surface area (Å²) in [6.07, 6.45) is -1.42. The maximum atomic E-state index is 10.7. The Hall–Kier alpha value is -1.92. The third kappa shape index (κ3) is 4.81. The molecule has 1 aliphatic carbocycles. The fourth-order valence-electron chi connectivity index (χ4n) is 4.23. The van der Waals surface area contributed by atoms with Crippen LogP contribution >= 0.6 is 0 Å². The van der Waals surface area contributed by atoms with E-state index in [1.165, 1.54) is 11.1 Å². The van der Waals surface area contributed by atoms with Crippen LogP contribution in [0.3, 0.4) is 0 Å². The predicted molar refractivity (Wildman–Crippen MR) is 112 cm³/mol. The number of hydrogen-bond donors (Lipinski definition) is 4. The van der Waals surface area contributed by atoms with Crippen LogP contribution in [0, 0.1) is 5.92 Å². The predicted octanol–water partition coefficient (Wildman–Crippen LogP) is 2.42. The van der Waals surface area contributed by atoms with Gasteiger partial charge in [-0.3, -0.25) is 0 Å². The number of rotatable bonds is 7. The lowest BCUT2D eigenvalue weighted by Crippen LogP contribution is -2.51. The molecule has 0 spiro atoms. The van der Waals surface area contributed by atoms with Gasteiger partial charge in [0.1, 0.15) is 11.9 Å². The molecule has 0 saturated heterocycles. The Morgan fingerprint density at radius 2 is 1.52 bits per heavy atom. The summed E-state index contributed by atoms with van der Waals surface area (Å²) >= 11 is 0. The van der Waals surface area contributed by atoms with Crippen molar-refractivity contribution in [1.82, 2.24) is 0 Å². The Labute approximate surface area is 172 Å². The van der Waals surface area contributed by atoms with Gasteiger partial charge in [-0.1, -0.05) is 43.3 Å². The first-order valence-corrected chi connectivity index (χ1v) is 10.5. The Balaban J connectivity index is 1.91. The normalized spacial score (nSPS) is 27.0. The first-order chi connectivity index (χ1) is 14.0. The molecule has 0 heterocycles. The van der Waals surface area contributed by atoms with E-state index in [9.17, 15) is 20.4 Å². The van der Waals surface area contributed by atoms with Crippen molar-refractivity contribution in [2.24, 2.45) is 5.92 Å². The number of aliphatic hydroxyl groups excluding tert-OH is 4. The number of benzene rings is 2. The summed E-state index contributed by atoms with van der Waals surface area (Å²) < 4.78 is 5.79. The number of ether oxygens (including phenoxy) is 1. The summed E-state index contributed by atoms with van der Waals surface area (Å²) in [6, 6.07) is 14.5. The molecule has 5 nitrogen and oxygen atoms in total. The van der Waals surface area contributed by atoms with Crippen LogP contribution in [0.25, 0.3) is 0 Å². The van der Waals surface area contributed by atoms with Crippen LogP contribution in [0.1, 0.15) is 48.4 Å². The van der Waals surface area contributed by atoms with Gasteiger partial charge in [0.05, 0.1) is 18.8 Å². The van der Waals surface area contributed by atoms with Crippen LogP contribution < -0.4 is 4.74 Å². The van der Waals surface area contributed by atoms with Crippen molar-refractivity contribution in [1.29, 1.82) is 0 Å². The first kappa shape index (κ1) is 21.8. The largest absolute Gasteiger partial charge is 0.494 e. The van der Waals surface area contributed by atoms with Gasteiger partial charge >= 0.3 is 0 Å². The number of aryl methyl sites for hydroxylation is 1. The van der Waals surface area contributed by atoms with Crippen molar-refractivity contribution < 1.29 is 25.2 Å². The molecule has 1 saturated carbocycles. The Bertz CT molecular complexity index is 786. The molecule has 0 aliphatic heterocycles. The molecular formula is C24H32O5. The molecule has 158 valence electrons. The molecule has 5 atom stereocenters. The lowest BCUT2D eigenvalue weighted by atomic mass is 9.72. The maximum absolute atomic E-state index is 10.7. The van der Waals surface area contributed by atoms with Gasteiger partial charge in [0.15, 0.2) is 0 Å². The third-order valence-corrected chi connectivity index (χ3v) is 6.00. The number of aliphatic hydroxyl groups is 4. The molecule has 0 aromatic heterocycles. The zero-order valence-corrected chi connectivity index (χ0v) is 17.2. The molecule has 0 unspecified atom stereocenters. The molecule has 3 rings (SSSR count). The van der Waals surface area contributed by atoms with Crippen molar-refractivity contribution in [3.8, 4) is 5.75 Å². The molecule has 4 N–H and O–H groups in total. The Morgan fingerprint density at radius 1 is 0.862 bits per heavy atom. The molecule has 0 radical (unpaired) electrons. The van der Waals surface area contributed by atoms with E-state index in [1.54, 1.807) is 0 Å². The van der Waals surface area contributed by atoms with Crippen LogP contribution in [-0.2, 0) is 12.8 Å². The average molecular weight is 401 g/mol. The summed E-state index contributed by atoms with van der Waals surface area (Å²) in [5.74, 6) is -0.241. The van der Waals surface area contributed by atoms with Gasteiger partial charge in [0.2, 0.25) is 0 Å². The summed E-state index contributed by atoms with van der Waals surface area (Å²) in [6.45, 7) is 4.28. The summed E-state index contributed by atoms with van der Waals surface area (Å²) in [5, 5.41) is 40.7. The molecule has 29 heavy (non-hydrogen) atoms. The number of hydrogen-bond acceptors (Lipinski definition) is 5. The van der Waals surface area contributed by atoms with Crippen LogP contribution in [0.2, 0.25) is 0 Å². The van der Waals surface area contributed by atoms with Crippen LogP contribution in [-0.4, -0.2) is 52.0 Å². The van der Waals surface area contributed by atoms with E-state index >= 15 is 0 Å². The summed E-state index contributed by atoms with van der Waals surface area (Å²) in [4.78, 5) is 0. The first-order valence-electron chi connectivity index (χ1n) is 10.5. The molecule has 5 heteroatoms. The minimum Gasteiger partial charge on any atom is -0.494 e. The summed E-state index contributed by atoms with van der Waals surface area (Å²) in [7, 11) is 0. The van der Waals surface area contributed by atoms with Gasteiger partial charge < -0.3 is 25.2 Å². The Morgan fingerprint density at radius 3 is 2.14 bits per heavy atom. The topological polar surface area (TPSA) is 90.2 Å². The van der Waals surface area contributed by atoms with Gasteiger partial charge in [-0.25, -0.2) is 0 Å². The van der Waals surface area contributed by atoms with Crippen molar-refractivity contribution in [2.75, 3.05) is 13.2 Å². The van der Waals surface area contributed by atoms with E-state index in [-0.39, 0.29) is 6.61 Å². The average Bonchev–Trinajstić information content (AvgIpc) is 2.74. The van der Waals surface area contributed by atoms with Gasteiger partial charge in [-0.2, -0.15) is 0 Å². The molecule has 0 amide bonds. The minimum absolute atomic E-state index is 0.241.